The third kappa shape index (κ3) is 3.26. The van der Waals surface area contributed by atoms with Crippen LogP contribution in [-0.4, -0.2) is 30.8 Å². The first kappa shape index (κ1) is 16.4. The summed E-state index contributed by atoms with van der Waals surface area (Å²) in [5.74, 6) is -0.0808. The van der Waals surface area contributed by atoms with Crippen molar-refractivity contribution in [3.05, 3.63) is 35.6 Å². The maximum Gasteiger partial charge on any atom is 0.229 e. The fraction of sp³-hybridized carbons (Fsp3) is 0.611. The second-order valence-corrected chi connectivity index (χ2v) is 6.95. The summed E-state index contributed by atoms with van der Waals surface area (Å²) in [5, 5.41) is 12.8. The predicted molar refractivity (Wildman–Crippen MR) is 84.2 cm³/mol. The Labute approximate surface area is 136 Å². The molecule has 0 bridgehead atoms. The van der Waals surface area contributed by atoms with Crippen LogP contribution in [0.5, 0.6) is 0 Å². The number of halogens is 1. The van der Waals surface area contributed by atoms with Crippen LogP contribution < -0.4 is 5.32 Å². The highest BCUT2D eigenvalue weighted by molar-refractivity contribution is 5.84. The molecule has 0 aromatic heterocycles. The van der Waals surface area contributed by atoms with Gasteiger partial charge in [0, 0.05) is 7.11 Å². The van der Waals surface area contributed by atoms with Crippen molar-refractivity contribution >= 4 is 5.91 Å². The number of hydrogen-bond acceptors (Lipinski definition) is 3. The number of ether oxygens (including phenoxy) is 1. The van der Waals surface area contributed by atoms with Crippen molar-refractivity contribution in [2.45, 2.75) is 44.2 Å². The van der Waals surface area contributed by atoms with Crippen LogP contribution in [0, 0.1) is 17.2 Å². The lowest BCUT2D eigenvalue weighted by molar-refractivity contribution is -0.142. The van der Waals surface area contributed by atoms with Crippen LogP contribution in [-0.2, 0) is 9.53 Å². The highest BCUT2D eigenvalue weighted by Gasteiger charge is 2.46. The molecule has 2 N–H and O–H groups in total. The van der Waals surface area contributed by atoms with E-state index < -0.39 is 5.41 Å². The summed E-state index contributed by atoms with van der Waals surface area (Å²) < 4.78 is 18.4. The molecule has 2 aliphatic carbocycles. The predicted octanol–water partition coefficient (Wildman–Crippen LogP) is 2.57. The van der Waals surface area contributed by atoms with Crippen LogP contribution in [0.25, 0.3) is 0 Å². The van der Waals surface area contributed by atoms with Gasteiger partial charge in [-0.3, -0.25) is 4.79 Å². The standard InChI is InChI=1S/C18H24FNO3/c1-23-11-18(7-2-8-18)17(22)20-16(13-9-15(21)10-13)12-3-5-14(19)6-4-12/h3-6,13,15-16,21H,2,7-11H2,1H3,(H,20,22). The van der Waals surface area contributed by atoms with E-state index in [2.05, 4.69) is 5.32 Å². The third-order valence-corrected chi connectivity index (χ3v) is 5.35. The molecule has 23 heavy (non-hydrogen) atoms. The van der Waals surface area contributed by atoms with E-state index in [9.17, 15) is 14.3 Å². The van der Waals surface area contributed by atoms with Crippen LogP contribution in [0.15, 0.2) is 24.3 Å². The summed E-state index contributed by atoms with van der Waals surface area (Å²) in [6.07, 6.45) is 3.77. The summed E-state index contributed by atoms with van der Waals surface area (Å²) in [6, 6.07) is 6.08. The monoisotopic (exact) mass is 321 g/mol. The van der Waals surface area contributed by atoms with Gasteiger partial charge in [-0.15, -0.1) is 0 Å². The van der Waals surface area contributed by atoms with Crippen molar-refractivity contribution in [1.29, 1.82) is 0 Å². The molecule has 2 saturated carbocycles. The van der Waals surface area contributed by atoms with E-state index >= 15 is 0 Å². The molecular weight excluding hydrogens is 297 g/mol. The van der Waals surface area contributed by atoms with E-state index in [4.69, 9.17) is 4.74 Å². The van der Waals surface area contributed by atoms with Gasteiger partial charge in [0.1, 0.15) is 5.82 Å². The molecule has 1 unspecified atom stereocenters. The number of methoxy groups -OCH3 is 1. The summed E-state index contributed by atoms with van der Waals surface area (Å²) >= 11 is 0. The first-order valence-electron chi connectivity index (χ1n) is 8.27. The zero-order chi connectivity index (χ0) is 16.4. The molecule has 126 valence electrons. The molecule has 1 atom stereocenters. The summed E-state index contributed by atoms with van der Waals surface area (Å²) in [5.41, 5.74) is 0.471. The molecule has 5 heteroatoms. The average molecular weight is 321 g/mol. The van der Waals surface area contributed by atoms with Crippen molar-refractivity contribution in [1.82, 2.24) is 5.32 Å². The molecule has 2 fully saturated rings. The largest absolute Gasteiger partial charge is 0.393 e. The van der Waals surface area contributed by atoms with Crippen LogP contribution >= 0.6 is 0 Å². The molecule has 0 saturated heterocycles. The first-order chi connectivity index (χ1) is 11.0. The molecule has 1 aromatic carbocycles. The van der Waals surface area contributed by atoms with Gasteiger partial charge in [0.15, 0.2) is 0 Å². The maximum absolute atomic E-state index is 13.2. The lowest BCUT2D eigenvalue weighted by atomic mass is 9.68. The van der Waals surface area contributed by atoms with Gasteiger partial charge in [-0.2, -0.15) is 0 Å². The van der Waals surface area contributed by atoms with Gasteiger partial charge < -0.3 is 15.2 Å². The Bertz CT molecular complexity index is 550. The quantitative estimate of drug-likeness (QED) is 0.846. The maximum atomic E-state index is 13.2. The van der Waals surface area contributed by atoms with E-state index in [0.29, 0.717) is 19.4 Å². The average Bonchev–Trinajstić information content (AvgIpc) is 2.46. The van der Waals surface area contributed by atoms with E-state index in [1.54, 1.807) is 19.2 Å². The summed E-state index contributed by atoms with van der Waals surface area (Å²) in [7, 11) is 1.62. The topological polar surface area (TPSA) is 58.6 Å². The number of amides is 1. The molecule has 1 amide bonds. The minimum absolute atomic E-state index is 0.0151. The smallest absolute Gasteiger partial charge is 0.229 e. The van der Waals surface area contributed by atoms with Crippen LogP contribution in [0.1, 0.15) is 43.7 Å². The molecule has 0 spiro atoms. The molecule has 3 rings (SSSR count). The van der Waals surface area contributed by atoms with Gasteiger partial charge in [0.2, 0.25) is 5.91 Å². The zero-order valence-electron chi connectivity index (χ0n) is 13.4. The third-order valence-electron chi connectivity index (χ3n) is 5.35. The van der Waals surface area contributed by atoms with Crippen LogP contribution in [0.2, 0.25) is 0 Å². The van der Waals surface area contributed by atoms with E-state index in [0.717, 1.165) is 24.8 Å². The molecular formula is C18H24FNO3. The number of aliphatic hydroxyl groups is 1. The molecule has 2 aliphatic rings. The highest BCUT2D eigenvalue weighted by Crippen LogP contribution is 2.43. The van der Waals surface area contributed by atoms with Gasteiger partial charge >= 0.3 is 0 Å². The minimum Gasteiger partial charge on any atom is -0.393 e. The number of rotatable bonds is 6. The number of nitrogens with one attached hydrogen (secondary N) is 1. The Morgan fingerprint density at radius 2 is 2.04 bits per heavy atom. The molecule has 0 aliphatic heterocycles. The second-order valence-electron chi connectivity index (χ2n) is 6.95. The normalized spacial score (nSPS) is 26.7. The molecule has 0 radical (unpaired) electrons. The van der Waals surface area contributed by atoms with Crippen LogP contribution in [0.3, 0.4) is 0 Å². The lowest BCUT2D eigenvalue weighted by Crippen LogP contribution is -2.51. The minimum atomic E-state index is -0.421. The fourth-order valence-corrected chi connectivity index (χ4v) is 3.66. The van der Waals surface area contributed by atoms with Crippen molar-refractivity contribution < 1.29 is 19.0 Å². The number of carbonyl (C=O) groups excluding carboxylic acids is 1. The fourth-order valence-electron chi connectivity index (χ4n) is 3.66. The summed E-state index contributed by atoms with van der Waals surface area (Å²) in [4.78, 5) is 12.8. The molecule has 0 heterocycles. The Morgan fingerprint density at radius 1 is 1.39 bits per heavy atom. The van der Waals surface area contributed by atoms with Gasteiger partial charge in [-0.05, 0) is 49.3 Å². The Morgan fingerprint density at radius 3 is 2.52 bits per heavy atom. The number of carbonyl (C=O) groups is 1. The highest BCUT2D eigenvalue weighted by atomic mass is 19.1. The Balaban J connectivity index is 1.76. The Kier molecular flexibility index (Phi) is 4.69. The number of hydrogen-bond donors (Lipinski definition) is 2. The van der Waals surface area contributed by atoms with Gasteiger partial charge in [-0.25, -0.2) is 4.39 Å². The molecule has 4 nitrogen and oxygen atoms in total. The Hall–Kier alpha value is -1.46. The van der Waals surface area contributed by atoms with Crippen molar-refractivity contribution in [3.8, 4) is 0 Å². The SMILES string of the molecule is COCC1(C(=O)NC(c2ccc(F)cc2)C2CC(O)C2)CCC1. The van der Waals surface area contributed by atoms with Crippen LogP contribution in [0.4, 0.5) is 4.39 Å². The first-order valence-corrected chi connectivity index (χ1v) is 8.27. The zero-order valence-corrected chi connectivity index (χ0v) is 13.4. The molecule has 1 aromatic rings. The number of aliphatic hydroxyl groups excluding tert-OH is 1. The van der Waals surface area contributed by atoms with Gasteiger partial charge in [-0.1, -0.05) is 18.6 Å². The van der Waals surface area contributed by atoms with Gasteiger partial charge in [0.05, 0.1) is 24.2 Å². The number of benzene rings is 1. The van der Waals surface area contributed by atoms with Crippen molar-refractivity contribution in [2.75, 3.05) is 13.7 Å². The second kappa shape index (κ2) is 6.57. The van der Waals surface area contributed by atoms with Crippen molar-refractivity contribution in [2.24, 2.45) is 11.3 Å². The van der Waals surface area contributed by atoms with E-state index in [1.165, 1.54) is 12.1 Å². The van der Waals surface area contributed by atoms with Crippen molar-refractivity contribution in [3.63, 3.8) is 0 Å². The van der Waals surface area contributed by atoms with Gasteiger partial charge in [0.25, 0.3) is 0 Å². The van der Waals surface area contributed by atoms with E-state index in [-0.39, 0.29) is 29.8 Å². The van der Waals surface area contributed by atoms with E-state index in [1.807, 2.05) is 0 Å². The summed E-state index contributed by atoms with van der Waals surface area (Å²) in [6.45, 7) is 0.433. The lowest BCUT2D eigenvalue weighted by Gasteiger charge is -2.43.